The van der Waals surface area contributed by atoms with E-state index in [2.05, 4.69) is 48.7 Å². The molecule has 0 aromatic carbocycles. The third-order valence-electron chi connectivity index (χ3n) is 4.44. The van der Waals surface area contributed by atoms with Gasteiger partial charge in [0, 0.05) is 16.5 Å². The predicted octanol–water partition coefficient (Wildman–Crippen LogP) is 3.14. The molecule has 1 atom stereocenters. The predicted molar refractivity (Wildman–Crippen MR) is 80.4 cm³/mol. The van der Waals surface area contributed by atoms with Crippen molar-refractivity contribution in [1.82, 2.24) is 10.2 Å². The van der Waals surface area contributed by atoms with Gasteiger partial charge in [0.05, 0.1) is 0 Å². The first-order chi connectivity index (χ1) is 8.69. The molecule has 102 valence electrons. The van der Waals surface area contributed by atoms with E-state index in [0.29, 0.717) is 11.6 Å². The van der Waals surface area contributed by atoms with Crippen LogP contribution in [0.2, 0.25) is 0 Å². The summed E-state index contributed by atoms with van der Waals surface area (Å²) in [5.41, 5.74) is 0.361. The second kappa shape index (κ2) is 6.18. The van der Waals surface area contributed by atoms with Gasteiger partial charge in [-0.05, 0) is 51.3 Å². The molecule has 0 spiro atoms. The maximum absolute atomic E-state index is 3.75. The fourth-order valence-corrected chi connectivity index (χ4v) is 4.17. The number of rotatable bonds is 6. The highest BCUT2D eigenvalue weighted by Crippen LogP contribution is 2.38. The van der Waals surface area contributed by atoms with Gasteiger partial charge in [0.15, 0.2) is 0 Å². The van der Waals surface area contributed by atoms with Gasteiger partial charge in [-0.25, -0.2) is 0 Å². The Balaban J connectivity index is 2.16. The Bertz CT molecular complexity index is 339. The fourth-order valence-electron chi connectivity index (χ4n) is 3.42. The fraction of sp³-hybridized carbons (Fsp3) is 0.733. The van der Waals surface area contributed by atoms with Crippen LogP contribution in [0.5, 0.6) is 0 Å². The standard InChI is InChI=1S/C15H26N2S/c1-4-16-14(12-13-8-7-11-18-13)15(17(2)3)9-5-6-10-15/h7-8,11,14,16H,4-6,9-10,12H2,1-3H3. The molecule has 1 aliphatic rings. The zero-order chi connectivity index (χ0) is 13.0. The van der Waals surface area contributed by atoms with Crippen molar-refractivity contribution >= 4 is 11.3 Å². The molecule has 18 heavy (non-hydrogen) atoms. The Morgan fingerprint density at radius 1 is 1.39 bits per heavy atom. The molecule has 1 fully saturated rings. The summed E-state index contributed by atoms with van der Waals surface area (Å²) in [5.74, 6) is 0. The summed E-state index contributed by atoms with van der Waals surface area (Å²) in [5, 5.41) is 5.94. The minimum atomic E-state index is 0.361. The normalized spacial score (nSPS) is 20.4. The van der Waals surface area contributed by atoms with Crippen molar-refractivity contribution < 1.29 is 0 Å². The quantitative estimate of drug-likeness (QED) is 0.851. The minimum Gasteiger partial charge on any atom is -0.312 e. The lowest BCUT2D eigenvalue weighted by molar-refractivity contribution is 0.105. The number of nitrogens with zero attached hydrogens (tertiary/aromatic N) is 1. The molecule has 1 N–H and O–H groups in total. The highest BCUT2D eigenvalue weighted by Gasteiger charge is 2.42. The molecule has 1 unspecified atom stereocenters. The topological polar surface area (TPSA) is 15.3 Å². The van der Waals surface area contributed by atoms with Gasteiger partial charge >= 0.3 is 0 Å². The van der Waals surface area contributed by atoms with Gasteiger partial charge in [-0.2, -0.15) is 0 Å². The van der Waals surface area contributed by atoms with Crippen molar-refractivity contribution in [3.8, 4) is 0 Å². The maximum Gasteiger partial charge on any atom is 0.0359 e. The average molecular weight is 266 g/mol. The van der Waals surface area contributed by atoms with Gasteiger partial charge in [-0.3, -0.25) is 0 Å². The maximum atomic E-state index is 3.75. The van der Waals surface area contributed by atoms with Crippen LogP contribution in [0.15, 0.2) is 17.5 Å². The zero-order valence-corrected chi connectivity index (χ0v) is 12.7. The van der Waals surface area contributed by atoms with Crippen molar-refractivity contribution in [2.24, 2.45) is 0 Å². The summed E-state index contributed by atoms with van der Waals surface area (Å²) in [6.07, 6.45) is 6.60. The third-order valence-corrected chi connectivity index (χ3v) is 5.34. The molecule has 0 radical (unpaired) electrons. The molecule has 2 nitrogen and oxygen atoms in total. The van der Waals surface area contributed by atoms with E-state index in [9.17, 15) is 0 Å². The van der Waals surface area contributed by atoms with Crippen molar-refractivity contribution in [3.63, 3.8) is 0 Å². The lowest BCUT2D eigenvalue weighted by Crippen LogP contribution is -2.58. The van der Waals surface area contributed by atoms with Crippen LogP contribution in [0, 0.1) is 0 Å². The summed E-state index contributed by atoms with van der Waals surface area (Å²) in [6, 6.07) is 5.02. The second-order valence-electron chi connectivity index (χ2n) is 5.60. The molecule has 1 aliphatic carbocycles. The van der Waals surface area contributed by atoms with Crippen molar-refractivity contribution in [1.29, 1.82) is 0 Å². The Hall–Kier alpha value is -0.380. The van der Waals surface area contributed by atoms with E-state index >= 15 is 0 Å². The van der Waals surface area contributed by atoms with Crippen LogP contribution in [0.4, 0.5) is 0 Å². The molecule has 1 aromatic rings. The Labute approximate surface area is 115 Å². The molecular formula is C15H26N2S. The van der Waals surface area contributed by atoms with Gasteiger partial charge in [0.1, 0.15) is 0 Å². The lowest BCUT2D eigenvalue weighted by Gasteiger charge is -2.43. The molecule has 1 saturated carbocycles. The first-order valence-electron chi connectivity index (χ1n) is 7.12. The smallest absolute Gasteiger partial charge is 0.0359 e. The molecule has 0 aliphatic heterocycles. The van der Waals surface area contributed by atoms with E-state index in [1.165, 1.54) is 37.0 Å². The number of thiophene rings is 1. The highest BCUT2D eigenvalue weighted by molar-refractivity contribution is 7.09. The number of nitrogens with one attached hydrogen (secondary N) is 1. The number of hydrogen-bond acceptors (Lipinski definition) is 3. The summed E-state index contributed by atoms with van der Waals surface area (Å²) < 4.78 is 0. The van der Waals surface area contributed by atoms with E-state index in [0.717, 1.165) is 6.54 Å². The largest absolute Gasteiger partial charge is 0.312 e. The Kier molecular flexibility index (Phi) is 4.82. The molecule has 2 rings (SSSR count). The minimum absolute atomic E-state index is 0.361. The van der Waals surface area contributed by atoms with Crippen LogP contribution in [0.1, 0.15) is 37.5 Å². The van der Waals surface area contributed by atoms with Gasteiger partial charge in [-0.15, -0.1) is 11.3 Å². The van der Waals surface area contributed by atoms with E-state index in [-0.39, 0.29) is 0 Å². The van der Waals surface area contributed by atoms with Gasteiger partial charge in [0.25, 0.3) is 0 Å². The van der Waals surface area contributed by atoms with Crippen LogP contribution >= 0.6 is 11.3 Å². The summed E-state index contributed by atoms with van der Waals surface area (Å²) in [6.45, 7) is 3.28. The van der Waals surface area contributed by atoms with Crippen molar-refractivity contribution in [2.75, 3.05) is 20.6 Å². The number of hydrogen-bond donors (Lipinski definition) is 1. The SMILES string of the molecule is CCNC(Cc1cccs1)C1(N(C)C)CCCC1. The number of likely N-dealkylation sites (N-methyl/N-ethyl adjacent to an activating group) is 2. The lowest BCUT2D eigenvalue weighted by atomic mass is 9.84. The van der Waals surface area contributed by atoms with Gasteiger partial charge < -0.3 is 10.2 Å². The molecule has 0 bridgehead atoms. The highest BCUT2D eigenvalue weighted by atomic mass is 32.1. The molecule has 3 heteroatoms. The molecule has 1 heterocycles. The van der Waals surface area contributed by atoms with Crippen LogP contribution < -0.4 is 5.32 Å². The molecule has 0 amide bonds. The van der Waals surface area contributed by atoms with E-state index < -0.39 is 0 Å². The van der Waals surface area contributed by atoms with Crippen LogP contribution in [-0.2, 0) is 6.42 Å². The third kappa shape index (κ3) is 2.79. The van der Waals surface area contributed by atoms with Gasteiger partial charge in [0.2, 0.25) is 0 Å². The summed E-state index contributed by atoms with van der Waals surface area (Å²) >= 11 is 1.89. The van der Waals surface area contributed by atoms with Crippen LogP contribution in [-0.4, -0.2) is 37.1 Å². The first kappa shape index (κ1) is 14.0. The van der Waals surface area contributed by atoms with E-state index in [4.69, 9.17) is 0 Å². The Morgan fingerprint density at radius 2 is 2.11 bits per heavy atom. The summed E-state index contributed by atoms with van der Waals surface area (Å²) in [7, 11) is 4.51. The first-order valence-corrected chi connectivity index (χ1v) is 8.00. The molecule has 1 aromatic heterocycles. The molecular weight excluding hydrogens is 240 g/mol. The summed E-state index contributed by atoms with van der Waals surface area (Å²) in [4.78, 5) is 3.98. The van der Waals surface area contributed by atoms with Crippen molar-refractivity contribution in [3.05, 3.63) is 22.4 Å². The monoisotopic (exact) mass is 266 g/mol. The average Bonchev–Trinajstić information content (AvgIpc) is 3.00. The Morgan fingerprint density at radius 3 is 2.61 bits per heavy atom. The van der Waals surface area contributed by atoms with Crippen LogP contribution in [0.3, 0.4) is 0 Å². The zero-order valence-electron chi connectivity index (χ0n) is 11.9. The molecule has 0 saturated heterocycles. The second-order valence-corrected chi connectivity index (χ2v) is 6.63. The van der Waals surface area contributed by atoms with E-state index in [1.54, 1.807) is 0 Å². The van der Waals surface area contributed by atoms with Crippen molar-refractivity contribution in [2.45, 2.75) is 50.6 Å². The van der Waals surface area contributed by atoms with Crippen LogP contribution in [0.25, 0.3) is 0 Å². The van der Waals surface area contributed by atoms with E-state index in [1.807, 2.05) is 11.3 Å². The van der Waals surface area contributed by atoms with Gasteiger partial charge in [-0.1, -0.05) is 25.8 Å².